The van der Waals surface area contributed by atoms with Crippen LogP contribution in [0.15, 0.2) is 65.7 Å². The van der Waals surface area contributed by atoms with E-state index >= 15 is 0 Å². The third kappa shape index (κ3) is 5.77. The van der Waals surface area contributed by atoms with Gasteiger partial charge in [0.15, 0.2) is 0 Å². The van der Waals surface area contributed by atoms with E-state index < -0.39 is 20.4 Å². The SMILES string of the molecule is O=c1cc(C2COCCN2c2cc3cccnc3n2COP(=O)(O)O)ccn1Cc1cc(F)cc(Cl)c1. The molecule has 0 radical (unpaired) electrons. The fourth-order valence-corrected chi connectivity index (χ4v) is 5.00. The third-order valence-corrected chi connectivity index (χ3v) is 6.76. The number of phosphoric ester groups is 1. The van der Waals surface area contributed by atoms with Crippen molar-refractivity contribution >= 4 is 36.3 Å². The highest BCUT2D eigenvalue weighted by Gasteiger charge is 2.29. The van der Waals surface area contributed by atoms with Gasteiger partial charge in [0.2, 0.25) is 0 Å². The summed E-state index contributed by atoms with van der Waals surface area (Å²) >= 11 is 5.94. The van der Waals surface area contributed by atoms with Crippen LogP contribution in [-0.2, 0) is 27.1 Å². The van der Waals surface area contributed by atoms with Gasteiger partial charge in [-0.3, -0.25) is 13.9 Å². The van der Waals surface area contributed by atoms with E-state index in [9.17, 15) is 23.5 Å². The molecule has 0 saturated carbocycles. The Balaban J connectivity index is 1.48. The number of rotatable bonds is 7. The lowest BCUT2D eigenvalue weighted by Crippen LogP contribution is -2.41. The van der Waals surface area contributed by atoms with Crippen molar-refractivity contribution in [3.8, 4) is 0 Å². The lowest BCUT2D eigenvalue weighted by Gasteiger charge is -2.37. The summed E-state index contributed by atoms with van der Waals surface area (Å²) in [4.78, 5) is 37.9. The first kappa shape index (κ1) is 25.6. The molecule has 1 unspecified atom stereocenters. The quantitative estimate of drug-likeness (QED) is 0.336. The molecule has 37 heavy (non-hydrogen) atoms. The van der Waals surface area contributed by atoms with Gasteiger partial charge in [0.05, 0.1) is 25.8 Å². The molecule has 2 N–H and O–H groups in total. The average molecular weight is 549 g/mol. The molecule has 1 aliphatic rings. The van der Waals surface area contributed by atoms with Crippen LogP contribution in [0, 0.1) is 5.82 Å². The molecule has 194 valence electrons. The smallest absolute Gasteiger partial charge is 0.377 e. The van der Waals surface area contributed by atoms with Gasteiger partial charge in [-0.25, -0.2) is 13.9 Å². The summed E-state index contributed by atoms with van der Waals surface area (Å²) in [6.07, 6.45) is 3.22. The molecule has 1 aliphatic heterocycles. The lowest BCUT2D eigenvalue weighted by atomic mass is 10.1. The summed E-state index contributed by atoms with van der Waals surface area (Å²) in [5, 5.41) is 1.02. The van der Waals surface area contributed by atoms with Gasteiger partial charge in [-0.15, -0.1) is 0 Å². The Morgan fingerprint density at radius 3 is 2.81 bits per heavy atom. The van der Waals surface area contributed by atoms with Crippen LogP contribution >= 0.6 is 19.4 Å². The van der Waals surface area contributed by atoms with E-state index in [4.69, 9.17) is 20.9 Å². The van der Waals surface area contributed by atoms with Crippen molar-refractivity contribution in [2.45, 2.75) is 19.3 Å². The third-order valence-electron chi connectivity index (χ3n) is 6.09. The molecule has 5 rings (SSSR count). The number of pyridine rings is 2. The minimum absolute atomic E-state index is 0.154. The number of anilines is 1. The summed E-state index contributed by atoms with van der Waals surface area (Å²) in [5.41, 5.74) is 1.47. The number of benzene rings is 1. The van der Waals surface area contributed by atoms with E-state index in [0.29, 0.717) is 35.7 Å². The Morgan fingerprint density at radius 1 is 1.22 bits per heavy atom. The Bertz CT molecular complexity index is 1530. The first-order valence-corrected chi connectivity index (χ1v) is 13.2. The number of ether oxygens (including phenoxy) is 1. The monoisotopic (exact) mass is 548 g/mol. The van der Waals surface area contributed by atoms with Crippen LogP contribution in [-0.4, -0.2) is 43.7 Å². The predicted octanol–water partition coefficient (Wildman–Crippen LogP) is 3.68. The van der Waals surface area contributed by atoms with Crippen LogP contribution in [0.2, 0.25) is 5.02 Å². The maximum atomic E-state index is 13.7. The molecule has 1 aromatic carbocycles. The number of nitrogens with zero attached hydrogens (tertiary/aromatic N) is 4. The van der Waals surface area contributed by atoms with E-state index in [2.05, 4.69) is 4.98 Å². The number of morpholine rings is 1. The molecule has 0 aliphatic carbocycles. The van der Waals surface area contributed by atoms with E-state index in [1.165, 1.54) is 22.8 Å². The highest BCUT2D eigenvalue weighted by molar-refractivity contribution is 7.46. The molecule has 1 atom stereocenters. The van der Waals surface area contributed by atoms with Gasteiger partial charge in [-0.05, 0) is 53.6 Å². The second-order valence-electron chi connectivity index (χ2n) is 8.58. The zero-order chi connectivity index (χ0) is 26.2. The van der Waals surface area contributed by atoms with Gasteiger partial charge >= 0.3 is 7.82 Å². The molecule has 1 fully saturated rings. The number of halogens is 2. The molecule has 0 amide bonds. The van der Waals surface area contributed by atoms with Crippen LogP contribution in [0.4, 0.5) is 10.2 Å². The Labute approximate surface area is 215 Å². The molecule has 4 heterocycles. The minimum atomic E-state index is -4.73. The number of fused-ring (bicyclic) bond motifs is 1. The van der Waals surface area contributed by atoms with Crippen molar-refractivity contribution in [3.05, 3.63) is 93.2 Å². The van der Waals surface area contributed by atoms with Gasteiger partial charge < -0.3 is 24.0 Å². The molecule has 1 saturated heterocycles. The number of phosphoric acid groups is 1. The highest BCUT2D eigenvalue weighted by atomic mass is 35.5. The molecule has 0 bridgehead atoms. The molecule has 10 nitrogen and oxygen atoms in total. The second kappa shape index (κ2) is 10.4. The molecule has 0 spiro atoms. The Hall–Kier alpha value is -3.05. The molecule has 13 heteroatoms. The summed E-state index contributed by atoms with van der Waals surface area (Å²) < 4.78 is 38.7. The maximum absolute atomic E-state index is 13.7. The zero-order valence-electron chi connectivity index (χ0n) is 19.4. The van der Waals surface area contributed by atoms with Crippen LogP contribution in [0.5, 0.6) is 0 Å². The second-order valence-corrected chi connectivity index (χ2v) is 10.3. The van der Waals surface area contributed by atoms with E-state index in [1.807, 2.05) is 17.0 Å². The first-order valence-electron chi connectivity index (χ1n) is 11.3. The van der Waals surface area contributed by atoms with Gasteiger partial charge in [0.25, 0.3) is 5.56 Å². The Morgan fingerprint density at radius 2 is 2.05 bits per heavy atom. The van der Waals surface area contributed by atoms with Gasteiger partial charge in [0.1, 0.15) is 24.0 Å². The van der Waals surface area contributed by atoms with Crippen molar-refractivity contribution in [1.82, 2.24) is 14.1 Å². The van der Waals surface area contributed by atoms with Crippen molar-refractivity contribution in [2.75, 3.05) is 24.7 Å². The highest BCUT2D eigenvalue weighted by Crippen LogP contribution is 2.39. The molecular weight excluding hydrogens is 526 g/mol. The number of hydrogen-bond donors (Lipinski definition) is 2. The van der Waals surface area contributed by atoms with Crippen LogP contribution < -0.4 is 10.5 Å². The summed E-state index contributed by atoms with van der Waals surface area (Å²) in [7, 11) is -4.73. The van der Waals surface area contributed by atoms with E-state index in [-0.39, 0.29) is 29.8 Å². The molecule has 4 aromatic rings. The van der Waals surface area contributed by atoms with Crippen LogP contribution in [0.1, 0.15) is 17.2 Å². The summed E-state index contributed by atoms with van der Waals surface area (Å²) in [6.45, 7) is 0.907. The summed E-state index contributed by atoms with van der Waals surface area (Å²) in [6, 6.07) is 12.5. The zero-order valence-corrected chi connectivity index (χ0v) is 21.1. The molecule has 3 aromatic heterocycles. The van der Waals surface area contributed by atoms with Gasteiger partial charge in [-0.1, -0.05) is 11.6 Å². The fourth-order valence-electron chi connectivity index (χ4n) is 4.49. The average Bonchev–Trinajstić information content (AvgIpc) is 3.21. The largest absolute Gasteiger partial charge is 0.471 e. The van der Waals surface area contributed by atoms with Gasteiger partial charge in [-0.2, -0.15) is 0 Å². The van der Waals surface area contributed by atoms with Crippen LogP contribution in [0.3, 0.4) is 0 Å². The van der Waals surface area contributed by atoms with E-state index in [1.54, 1.807) is 35.2 Å². The van der Waals surface area contributed by atoms with Crippen LogP contribution in [0.25, 0.3) is 11.0 Å². The topological polar surface area (TPSA) is 119 Å². The van der Waals surface area contributed by atoms with E-state index in [0.717, 1.165) is 5.39 Å². The maximum Gasteiger partial charge on any atom is 0.471 e. The first-order chi connectivity index (χ1) is 17.7. The van der Waals surface area contributed by atoms with Crippen molar-refractivity contribution in [2.24, 2.45) is 0 Å². The van der Waals surface area contributed by atoms with Crippen molar-refractivity contribution < 1.29 is 28.0 Å². The lowest BCUT2D eigenvalue weighted by molar-refractivity contribution is 0.0921. The predicted molar refractivity (Wildman–Crippen MR) is 135 cm³/mol. The normalized spacial score (nSPS) is 16.4. The fraction of sp³-hybridized carbons (Fsp3) is 0.250. The number of aromatic nitrogens is 3. The summed E-state index contributed by atoms with van der Waals surface area (Å²) in [5.74, 6) is 0.142. The minimum Gasteiger partial charge on any atom is -0.377 e. The van der Waals surface area contributed by atoms with Crippen molar-refractivity contribution in [1.29, 1.82) is 0 Å². The van der Waals surface area contributed by atoms with Gasteiger partial charge in [0, 0.05) is 35.4 Å². The standard InChI is InChI=1S/C24H23ClFN4O6P/c25-19-8-16(9-20(26)12-19)13-28-5-3-17(11-23(28)31)21-14-35-7-6-29(21)22-10-18-2-1-4-27-24(18)30(22)15-36-37(32,33)34/h1-5,8-12,21H,6-7,13-15H2,(H2,32,33,34). The Kier molecular flexibility index (Phi) is 7.17. The molecular formula is C24H23ClFN4O6P. The van der Waals surface area contributed by atoms with Crippen molar-refractivity contribution in [3.63, 3.8) is 0 Å². The number of hydrogen-bond acceptors (Lipinski definition) is 6.